The number of carboxylic acid groups (broad SMARTS) is 2. The van der Waals surface area contributed by atoms with Crippen LogP contribution in [0.25, 0.3) is 33.4 Å². The summed E-state index contributed by atoms with van der Waals surface area (Å²) in [6, 6.07) is 14.0. The average Bonchev–Trinajstić information content (AvgIpc) is 0.731. The van der Waals surface area contributed by atoms with E-state index in [1.54, 1.807) is 21.9 Å². The number of halogens is 13. The van der Waals surface area contributed by atoms with Gasteiger partial charge in [0, 0.05) is 243 Å². The molecule has 6 aliphatic heterocycles. The van der Waals surface area contributed by atoms with Gasteiger partial charge < -0.3 is 80.1 Å². The summed E-state index contributed by atoms with van der Waals surface area (Å²) in [5.74, 6) is -7.62. The molecule has 15 rings (SSSR count). The lowest BCUT2D eigenvalue weighted by molar-refractivity contribution is -0.141. The number of pyridine rings is 3. The maximum Gasteiger partial charge on any atom is 0.417 e. The monoisotopic (exact) mass is 1970 g/mol. The van der Waals surface area contributed by atoms with Crippen LogP contribution in [0.2, 0.25) is 0 Å². The molecule has 6 aliphatic rings. The number of aromatic nitrogens is 7. The van der Waals surface area contributed by atoms with Crippen LogP contribution in [0, 0.1) is 23.3 Å². The molecule has 33 nitrogen and oxygen atoms in total. The molecule has 46 heteroatoms. The zero-order chi connectivity index (χ0) is 101. The molecule has 748 valence electrons. The van der Waals surface area contributed by atoms with Gasteiger partial charge in [0.15, 0.2) is 0 Å². The Morgan fingerprint density at radius 3 is 1.04 bits per heavy atom. The van der Waals surface area contributed by atoms with Crippen LogP contribution in [-0.2, 0) is 42.4 Å². The van der Waals surface area contributed by atoms with E-state index in [0.717, 1.165) is 12.1 Å². The smallest absolute Gasteiger partial charge is 0.417 e. The number of piperazine rings is 5. The molecule has 11 heterocycles. The highest BCUT2D eigenvalue weighted by molar-refractivity contribution is 6.09. The molecular formula is C94H104F13N21O12. The minimum atomic E-state index is -4.98. The summed E-state index contributed by atoms with van der Waals surface area (Å²) in [6.45, 7) is 20.2. The van der Waals surface area contributed by atoms with E-state index in [0.29, 0.717) is 183 Å². The largest absolute Gasteiger partial charge is 0.481 e. The molecule has 5 amide bonds. The Morgan fingerprint density at radius 2 is 0.707 bits per heavy atom. The van der Waals surface area contributed by atoms with Crippen LogP contribution < -0.4 is 56.5 Å². The molecule has 0 saturated carbocycles. The lowest BCUT2D eigenvalue weighted by Crippen LogP contribution is -2.55. The van der Waals surface area contributed by atoms with Crippen molar-refractivity contribution in [1.29, 1.82) is 0 Å². The Hall–Kier alpha value is -13.9. The van der Waals surface area contributed by atoms with Gasteiger partial charge in [0.2, 0.25) is 34.8 Å². The molecule has 7 N–H and O–H groups in total. The van der Waals surface area contributed by atoms with Crippen LogP contribution in [0.5, 0.6) is 0 Å². The van der Waals surface area contributed by atoms with Gasteiger partial charge in [0.25, 0.3) is 17.7 Å². The van der Waals surface area contributed by atoms with E-state index >= 15 is 13.2 Å². The Labute approximate surface area is 794 Å². The standard InChI is InChI=1S/C33H37F4N7O5.C32H36F4N8O5.C29H31F5N6O2/c1-19-17-44(18-20(2)41(19)3)27-14-25(34)22(12-26(27)40-32(49)23-16-39-29(45)13-24(23)33(35,36)37)21-4-5-28(38-15-21)42-8-10-43(11-9-42)30(46)6-7-31(47)48;1-18-16-44(17-19(2)41(18)3)26-12-24(33)21(10-25(26)40-30(49)22-15-37-27(45)11-23(22)32(34,35)36)20-13-38-31(39-14-20)43-8-6-42(7-9-43)28(46)4-5-29(47)48;1-17-15-40(16-18(2)38(17)3)26-12-24(31)22(19-13-35-28(36-14-19)39-6-8-42-9-7-39)11-25(26)37-27(41)21-5-4-20(30)10-23(21)29(32,33)34/h4-5,12-16,19-20H,6-11,17-18H2,1-3H3,(H,39,45)(H,40,49)(H,47,48);10-15,18-19H,4-9,16-17H2,1-3H3,(H,37,45)(H,40,49)(H,47,48);4-5,10-14,17-18H,6-9,15-16H2,1-3H3,(H,37,41)/t19-,20+;18-,19+;17-,18+. The van der Waals surface area contributed by atoms with Crippen molar-refractivity contribution in [3.05, 3.63) is 200 Å². The second-order valence-corrected chi connectivity index (χ2v) is 35.2. The van der Waals surface area contributed by atoms with Gasteiger partial charge in [-0.3, -0.25) is 57.9 Å². The number of alkyl halides is 9. The van der Waals surface area contributed by atoms with E-state index in [2.05, 4.69) is 65.5 Å². The second-order valence-electron chi connectivity index (χ2n) is 35.2. The first-order valence-electron chi connectivity index (χ1n) is 44.9. The van der Waals surface area contributed by atoms with Crippen molar-refractivity contribution in [3.63, 3.8) is 0 Å². The summed E-state index contributed by atoms with van der Waals surface area (Å²) >= 11 is 0. The van der Waals surface area contributed by atoms with E-state index in [1.807, 2.05) is 92.1 Å². The van der Waals surface area contributed by atoms with Crippen LogP contribution >= 0.6 is 0 Å². The van der Waals surface area contributed by atoms with Crippen molar-refractivity contribution < 1.29 is 106 Å². The van der Waals surface area contributed by atoms with Crippen LogP contribution in [-0.4, -0.2) is 286 Å². The third kappa shape index (κ3) is 24.9. The number of carbonyl (C=O) groups is 7. The van der Waals surface area contributed by atoms with E-state index in [4.69, 9.17) is 14.9 Å². The van der Waals surface area contributed by atoms with E-state index < -0.39 is 116 Å². The molecule has 9 aromatic rings. The van der Waals surface area contributed by atoms with Crippen molar-refractivity contribution in [3.8, 4) is 33.4 Å². The number of hydrogen-bond donors (Lipinski definition) is 7. The highest BCUT2D eigenvalue weighted by Crippen LogP contribution is 2.43. The maximum atomic E-state index is 15.9. The Kier molecular flexibility index (Phi) is 32.3. The molecule has 0 aliphatic carbocycles. The molecule has 6 saturated heterocycles. The number of aliphatic carboxylic acids is 2. The van der Waals surface area contributed by atoms with Crippen molar-refractivity contribution in [2.24, 2.45) is 0 Å². The minimum Gasteiger partial charge on any atom is -0.481 e. The summed E-state index contributed by atoms with van der Waals surface area (Å²) in [5, 5.41) is 25.3. The molecule has 0 spiro atoms. The summed E-state index contributed by atoms with van der Waals surface area (Å²) < 4.78 is 190. The minimum absolute atomic E-state index is 0.00724. The molecule has 4 aromatic carbocycles. The fourth-order valence-electron chi connectivity index (χ4n) is 17.4. The maximum absolute atomic E-state index is 15.9. The van der Waals surface area contributed by atoms with Gasteiger partial charge in [-0.1, -0.05) is 0 Å². The van der Waals surface area contributed by atoms with Gasteiger partial charge in [-0.2, -0.15) is 39.5 Å². The van der Waals surface area contributed by atoms with Crippen LogP contribution in [0.4, 0.5) is 109 Å². The lowest BCUT2D eigenvalue weighted by atomic mass is 10.0. The molecule has 6 fully saturated rings. The van der Waals surface area contributed by atoms with Gasteiger partial charge in [-0.25, -0.2) is 42.5 Å². The lowest BCUT2D eigenvalue weighted by Gasteiger charge is -2.44. The first kappa shape index (κ1) is 103. The number of amides is 5. The van der Waals surface area contributed by atoms with Crippen molar-refractivity contribution in [2.45, 2.75) is 122 Å². The summed E-state index contributed by atoms with van der Waals surface area (Å²) in [5.41, 5.74) is -6.45. The topological polar surface area (TPSA) is 371 Å². The van der Waals surface area contributed by atoms with Crippen LogP contribution in [0.1, 0.15) is 115 Å². The predicted octanol–water partition coefficient (Wildman–Crippen LogP) is 12.2. The van der Waals surface area contributed by atoms with Crippen LogP contribution in [0.15, 0.2) is 132 Å². The van der Waals surface area contributed by atoms with Crippen molar-refractivity contribution >= 4 is 93.3 Å². The number of morpholine rings is 1. The number of benzene rings is 4. The van der Waals surface area contributed by atoms with Gasteiger partial charge in [0.1, 0.15) is 29.1 Å². The molecule has 0 radical (unpaired) electrons. The number of nitrogens with one attached hydrogen (secondary N) is 5. The fourth-order valence-corrected chi connectivity index (χ4v) is 17.4. The number of hydrogen-bond acceptors (Lipinski definition) is 24. The van der Waals surface area contributed by atoms with Crippen molar-refractivity contribution in [2.75, 3.05) is 184 Å². The fraction of sp³-hybridized carbons (Fsp3) is 0.426. The molecule has 140 heavy (non-hydrogen) atoms. The summed E-state index contributed by atoms with van der Waals surface area (Å²) in [4.78, 5) is 157. The predicted molar refractivity (Wildman–Crippen MR) is 495 cm³/mol. The normalized spacial score (nSPS) is 19.2. The second kappa shape index (κ2) is 43.7. The van der Waals surface area contributed by atoms with E-state index in [-0.39, 0.29) is 125 Å². The summed E-state index contributed by atoms with van der Waals surface area (Å²) in [7, 11) is 5.90. The first-order valence-corrected chi connectivity index (χ1v) is 44.9. The SMILES string of the molecule is C[C@@H]1CN(c2cc(F)c(-c3ccc(N4CCN(C(=O)CCC(=O)O)CC4)nc3)cc2NC(=O)c2c[nH]c(=O)cc2C(F)(F)F)C[C@H](C)N1C.C[C@@H]1CN(c2cc(F)c(-c3cnc(N4CCN(C(=O)CCC(=O)O)CC4)nc3)cc2NC(=O)c2c[nH]c(=O)cc2C(F)(F)F)C[C@H](C)N1C.C[C@@H]1CN(c2cc(F)c(-c3cnc(N4CCOCC4)nc3)cc2NC(=O)c2ccc(F)cc2C(F)(F)F)C[C@H](C)N1C. The Bertz CT molecular complexity index is 5870. The molecular weight excluding hydrogens is 1860 g/mol. The number of anilines is 9. The number of rotatable bonds is 21. The van der Waals surface area contributed by atoms with E-state index in [9.17, 15) is 87.1 Å². The third-order valence-corrected chi connectivity index (χ3v) is 25.8. The molecule has 0 unspecified atom stereocenters. The van der Waals surface area contributed by atoms with Crippen LogP contribution in [0.3, 0.4) is 0 Å². The van der Waals surface area contributed by atoms with Gasteiger partial charge in [-0.15, -0.1) is 0 Å². The van der Waals surface area contributed by atoms with Gasteiger partial charge in [0.05, 0.1) is 93.6 Å². The summed E-state index contributed by atoms with van der Waals surface area (Å²) in [6.07, 6.45) is -7.01. The molecule has 5 aromatic heterocycles. The Balaban J connectivity index is 0.000000177. The number of H-pyrrole nitrogens is 2. The number of likely N-dealkylation sites (N-methyl/N-ethyl adjacent to an activating group) is 3. The molecule has 6 atom stereocenters. The highest BCUT2D eigenvalue weighted by Gasteiger charge is 2.42. The number of carbonyl (C=O) groups excluding carboxylic acids is 5. The average molecular weight is 1970 g/mol. The Morgan fingerprint density at radius 1 is 0.386 bits per heavy atom. The number of ether oxygens (including phenoxy) is 1. The zero-order valence-corrected chi connectivity index (χ0v) is 77.6. The molecule has 0 bridgehead atoms. The van der Waals surface area contributed by atoms with Gasteiger partial charge >= 0.3 is 30.5 Å². The first-order chi connectivity index (χ1) is 66.1. The number of aromatic amines is 2. The number of carboxylic acids is 2. The highest BCUT2D eigenvalue weighted by atomic mass is 19.4. The van der Waals surface area contributed by atoms with E-state index in [1.165, 1.54) is 67.4 Å². The quantitative estimate of drug-likeness (QED) is 0.0329. The van der Waals surface area contributed by atoms with Crippen molar-refractivity contribution in [1.82, 2.24) is 59.4 Å². The number of nitrogens with zero attached hydrogens (tertiary/aromatic N) is 16. The zero-order valence-electron chi connectivity index (χ0n) is 77.6. The third-order valence-electron chi connectivity index (χ3n) is 25.8. The van der Waals surface area contributed by atoms with Gasteiger partial charge in [-0.05, 0) is 129 Å².